The van der Waals surface area contributed by atoms with E-state index in [1.807, 2.05) is 19.9 Å². The van der Waals surface area contributed by atoms with E-state index in [0.29, 0.717) is 10.8 Å². The molecule has 2 heterocycles. The van der Waals surface area contributed by atoms with E-state index >= 15 is 0 Å². The smallest absolute Gasteiger partial charge is 0.351 e. The Balaban J connectivity index is 2.34. The van der Waals surface area contributed by atoms with Crippen molar-refractivity contribution in [3.05, 3.63) is 28.5 Å². The van der Waals surface area contributed by atoms with Crippen molar-refractivity contribution in [2.24, 2.45) is 0 Å². The molecule has 0 bridgehead atoms. The van der Waals surface area contributed by atoms with Crippen molar-refractivity contribution in [3.8, 4) is 16.3 Å². The maximum atomic E-state index is 11.5. The van der Waals surface area contributed by atoms with Crippen LogP contribution in [0.25, 0.3) is 10.6 Å². The van der Waals surface area contributed by atoms with Gasteiger partial charge in [0.2, 0.25) is 0 Å². The molecule has 0 radical (unpaired) electrons. The number of halogens is 1. The number of hydrogen-bond acceptors (Lipinski definition) is 6. The van der Waals surface area contributed by atoms with Crippen LogP contribution in [0, 0.1) is 0 Å². The topological polar surface area (TPSA) is 61.3 Å². The van der Waals surface area contributed by atoms with Gasteiger partial charge in [0.25, 0.3) is 0 Å². The van der Waals surface area contributed by atoms with Crippen LogP contribution in [0.3, 0.4) is 0 Å². The molecule has 0 fully saturated rings. The molecular formula is C13H13ClN2O3S. The number of ether oxygens (including phenoxy) is 2. The Hall–Kier alpha value is -1.66. The zero-order valence-corrected chi connectivity index (χ0v) is 12.8. The minimum atomic E-state index is -0.499. The molecule has 0 aromatic carbocycles. The summed E-state index contributed by atoms with van der Waals surface area (Å²) in [6.45, 7) is 3.87. The van der Waals surface area contributed by atoms with Crippen LogP contribution >= 0.6 is 22.9 Å². The van der Waals surface area contributed by atoms with Gasteiger partial charge in [-0.05, 0) is 19.9 Å². The molecule has 2 rings (SSSR count). The van der Waals surface area contributed by atoms with Crippen molar-refractivity contribution in [2.45, 2.75) is 20.0 Å². The minimum Gasteiger partial charge on any atom is -0.489 e. The van der Waals surface area contributed by atoms with E-state index in [2.05, 4.69) is 14.7 Å². The van der Waals surface area contributed by atoms with Crippen LogP contribution < -0.4 is 4.74 Å². The summed E-state index contributed by atoms with van der Waals surface area (Å²) in [7, 11) is 1.30. The average Bonchev–Trinajstić information content (AvgIpc) is 2.79. The zero-order valence-electron chi connectivity index (χ0n) is 11.2. The third-order valence-corrected chi connectivity index (χ3v) is 3.76. The van der Waals surface area contributed by atoms with Gasteiger partial charge >= 0.3 is 5.97 Å². The van der Waals surface area contributed by atoms with Crippen LogP contribution in [-0.4, -0.2) is 29.2 Å². The molecule has 0 spiro atoms. The van der Waals surface area contributed by atoms with E-state index in [1.54, 1.807) is 12.4 Å². The standard InChI is InChI=1S/C13H13ClN2O3S/c1-7(2)19-9-4-8(5-15-6-9)12-16-11(14)10(20-12)13(17)18-3/h4-7H,1-3H3. The second-order valence-corrected chi connectivity index (χ2v) is 5.56. The zero-order chi connectivity index (χ0) is 14.7. The number of esters is 1. The van der Waals surface area contributed by atoms with Gasteiger partial charge in [0.05, 0.1) is 19.4 Å². The summed E-state index contributed by atoms with van der Waals surface area (Å²) >= 11 is 7.10. The molecule has 0 N–H and O–H groups in total. The molecule has 7 heteroatoms. The van der Waals surface area contributed by atoms with Gasteiger partial charge in [0.15, 0.2) is 10.0 Å². The number of carbonyl (C=O) groups excluding carboxylic acids is 1. The number of pyridine rings is 1. The molecule has 0 unspecified atom stereocenters. The lowest BCUT2D eigenvalue weighted by Gasteiger charge is -2.09. The SMILES string of the molecule is COC(=O)c1sc(-c2cncc(OC(C)C)c2)nc1Cl. The third kappa shape index (κ3) is 3.26. The van der Waals surface area contributed by atoms with Crippen molar-refractivity contribution < 1.29 is 14.3 Å². The maximum Gasteiger partial charge on any atom is 0.351 e. The Morgan fingerprint density at radius 1 is 1.40 bits per heavy atom. The van der Waals surface area contributed by atoms with Crippen molar-refractivity contribution in [1.82, 2.24) is 9.97 Å². The largest absolute Gasteiger partial charge is 0.489 e. The number of nitrogens with zero attached hydrogens (tertiary/aromatic N) is 2. The van der Waals surface area contributed by atoms with Gasteiger partial charge in [-0.15, -0.1) is 11.3 Å². The highest BCUT2D eigenvalue weighted by molar-refractivity contribution is 7.17. The number of rotatable bonds is 4. The first-order chi connectivity index (χ1) is 9.51. The fourth-order valence-corrected chi connectivity index (χ4v) is 2.70. The Kier molecular flexibility index (Phi) is 4.57. The fraction of sp³-hybridized carbons (Fsp3) is 0.308. The average molecular weight is 313 g/mol. The molecule has 0 aliphatic rings. The van der Waals surface area contributed by atoms with Gasteiger partial charge in [-0.1, -0.05) is 11.6 Å². The van der Waals surface area contributed by atoms with Gasteiger partial charge in [0, 0.05) is 11.8 Å². The van der Waals surface area contributed by atoms with E-state index in [0.717, 1.165) is 16.9 Å². The lowest BCUT2D eigenvalue weighted by Crippen LogP contribution is -2.05. The molecule has 0 atom stereocenters. The highest BCUT2D eigenvalue weighted by Crippen LogP contribution is 2.32. The first-order valence-electron chi connectivity index (χ1n) is 5.88. The minimum absolute atomic E-state index is 0.0533. The van der Waals surface area contributed by atoms with Crippen LogP contribution in [0.4, 0.5) is 0 Å². The van der Waals surface area contributed by atoms with Crippen LogP contribution in [0.5, 0.6) is 5.75 Å². The summed E-state index contributed by atoms with van der Waals surface area (Å²) in [5.74, 6) is 0.143. The summed E-state index contributed by atoms with van der Waals surface area (Å²) in [6.07, 6.45) is 3.32. The Bertz CT molecular complexity index is 628. The Morgan fingerprint density at radius 2 is 2.15 bits per heavy atom. The molecule has 5 nitrogen and oxygen atoms in total. The van der Waals surface area contributed by atoms with Crippen molar-refractivity contribution in [1.29, 1.82) is 0 Å². The molecule has 106 valence electrons. The summed E-state index contributed by atoms with van der Waals surface area (Å²) < 4.78 is 10.2. The van der Waals surface area contributed by atoms with Gasteiger partial charge in [-0.3, -0.25) is 4.98 Å². The van der Waals surface area contributed by atoms with Gasteiger partial charge < -0.3 is 9.47 Å². The predicted octanol–water partition coefficient (Wildman–Crippen LogP) is 3.43. The monoisotopic (exact) mass is 312 g/mol. The Morgan fingerprint density at radius 3 is 2.80 bits per heavy atom. The van der Waals surface area contributed by atoms with Gasteiger partial charge in [0.1, 0.15) is 10.8 Å². The maximum absolute atomic E-state index is 11.5. The van der Waals surface area contributed by atoms with E-state index in [1.165, 1.54) is 7.11 Å². The van der Waals surface area contributed by atoms with Gasteiger partial charge in [-0.2, -0.15) is 0 Å². The van der Waals surface area contributed by atoms with E-state index in [-0.39, 0.29) is 16.1 Å². The van der Waals surface area contributed by atoms with E-state index in [4.69, 9.17) is 16.3 Å². The summed E-state index contributed by atoms with van der Waals surface area (Å²) in [5, 5.41) is 0.726. The summed E-state index contributed by atoms with van der Waals surface area (Å²) in [5.41, 5.74) is 0.741. The summed E-state index contributed by atoms with van der Waals surface area (Å²) in [4.78, 5) is 20.1. The molecular weight excluding hydrogens is 300 g/mol. The molecule has 0 aliphatic heterocycles. The first kappa shape index (κ1) is 14.7. The first-order valence-corrected chi connectivity index (χ1v) is 7.07. The van der Waals surface area contributed by atoms with Crippen LogP contribution in [0.1, 0.15) is 23.5 Å². The van der Waals surface area contributed by atoms with E-state index < -0.39 is 5.97 Å². The molecule has 2 aromatic rings. The summed E-state index contributed by atoms with van der Waals surface area (Å²) in [6, 6.07) is 1.81. The lowest BCUT2D eigenvalue weighted by atomic mass is 10.3. The van der Waals surface area contributed by atoms with Crippen LogP contribution in [-0.2, 0) is 4.74 Å². The normalized spacial score (nSPS) is 10.7. The predicted molar refractivity (Wildman–Crippen MR) is 77.5 cm³/mol. The molecule has 2 aromatic heterocycles. The second kappa shape index (κ2) is 6.19. The number of aromatic nitrogens is 2. The quantitative estimate of drug-likeness (QED) is 0.809. The van der Waals surface area contributed by atoms with Crippen molar-refractivity contribution in [2.75, 3.05) is 7.11 Å². The van der Waals surface area contributed by atoms with Crippen LogP contribution in [0.15, 0.2) is 18.5 Å². The molecule has 0 saturated carbocycles. The van der Waals surface area contributed by atoms with Crippen molar-refractivity contribution in [3.63, 3.8) is 0 Å². The van der Waals surface area contributed by atoms with E-state index in [9.17, 15) is 4.79 Å². The number of hydrogen-bond donors (Lipinski definition) is 0. The number of carbonyl (C=O) groups is 1. The molecule has 0 amide bonds. The second-order valence-electron chi connectivity index (χ2n) is 4.21. The van der Waals surface area contributed by atoms with Crippen LogP contribution in [0.2, 0.25) is 5.15 Å². The molecule has 20 heavy (non-hydrogen) atoms. The van der Waals surface area contributed by atoms with Crippen molar-refractivity contribution >= 4 is 28.9 Å². The fourth-order valence-electron chi connectivity index (χ4n) is 1.52. The number of methoxy groups -OCH3 is 1. The van der Waals surface area contributed by atoms with Gasteiger partial charge in [-0.25, -0.2) is 9.78 Å². The molecule has 0 saturated heterocycles. The highest BCUT2D eigenvalue weighted by atomic mass is 35.5. The highest BCUT2D eigenvalue weighted by Gasteiger charge is 2.18. The Labute approximate surface area is 125 Å². The third-order valence-electron chi connectivity index (χ3n) is 2.29. The number of thiazole rings is 1. The lowest BCUT2D eigenvalue weighted by molar-refractivity contribution is 0.0606. The molecule has 0 aliphatic carbocycles.